The third-order valence-corrected chi connectivity index (χ3v) is 7.26. The molecule has 7 nitrogen and oxygen atoms in total. The zero-order valence-electron chi connectivity index (χ0n) is 17.7. The van der Waals surface area contributed by atoms with Gasteiger partial charge in [-0.1, -0.05) is 11.1 Å². The Bertz CT molecular complexity index is 871. The maximum atomic E-state index is 13.1. The first-order valence-corrected chi connectivity index (χ1v) is 11.1. The summed E-state index contributed by atoms with van der Waals surface area (Å²) in [5, 5.41) is 13.0. The van der Waals surface area contributed by atoms with Crippen molar-refractivity contribution in [2.45, 2.75) is 52.4 Å². The van der Waals surface area contributed by atoms with Crippen molar-refractivity contribution in [1.82, 2.24) is 0 Å². The summed E-state index contributed by atoms with van der Waals surface area (Å²) in [6.07, 6.45) is 4.46. The van der Waals surface area contributed by atoms with E-state index in [1.54, 1.807) is 0 Å². The number of anilines is 1. The number of carbonyl (C=O) groups is 3. The van der Waals surface area contributed by atoms with Gasteiger partial charge in [0.25, 0.3) is 0 Å². The number of nitrogens with one attached hydrogen (secondary N) is 1. The van der Waals surface area contributed by atoms with Crippen LogP contribution in [0.4, 0.5) is 5.00 Å². The maximum absolute atomic E-state index is 13.1. The van der Waals surface area contributed by atoms with Crippen molar-refractivity contribution in [2.75, 3.05) is 25.6 Å². The predicted octanol–water partition coefficient (Wildman–Crippen LogP) is 3.82. The molecule has 1 heterocycles. The van der Waals surface area contributed by atoms with E-state index in [1.807, 2.05) is 13.8 Å². The molecular weight excluding hydrogens is 406 g/mol. The average Bonchev–Trinajstić information content (AvgIpc) is 3.07. The number of aliphatic carboxylic acids is 1. The van der Waals surface area contributed by atoms with E-state index in [0.29, 0.717) is 30.0 Å². The van der Waals surface area contributed by atoms with Crippen LogP contribution in [-0.4, -0.2) is 43.3 Å². The van der Waals surface area contributed by atoms with Crippen molar-refractivity contribution in [3.63, 3.8) is 0 Å². The van der Waals surface area contributed by atoms with Crippen molar-refractivity contribution < 1.29 is 29.0 Å². The number of carbonyl (C=O) groups excluding carboxylic acids is 2. The Morgan fingerprint density at radius 3 is 2.40 bits per heavy atom. The molecule has 1 aromatic heterocycles. The second kappa shape index (κ2) is 9.75. The number of methoxy groups -OCH3 is 1. The van der Waals surface area contributed by atoms with Crippen LogP contribution in [0.2, 0.25) is 0 Å². The Morgan fingerprint density at radius 2 is 1.73 bits per heavy atom. The molecule has 2 atom stereocenters. The minimum atomic E-state index is -0.966. The van der Waals surface area contributed by atoms with Crippen LogP contribution in [0.15, 0.2) is 11.1 Å². The van der Waals surface area contributed by atoms with Gasteiger partial charge in [-0.05, 0) is 57.9 Å². The first-order valence-electron chi connectivity index (χ1n) is 10.3. The lowest BCUT2D eigenvalue weighted by molar-refractivity contribution is -0.146. The van der Waals surface area contributed by atoms with Gasteiger partial charge < -0.3 is 19.9 Å². The molecule has 0 saturated carbocycles. The molecule has 1 aromatic rings. The standard InChI is InChI=1S/C22H29NO6S/c1-12-10-15(16(21(25)26)11-13(12)2)19(24)23-20-18(22(27)29-9-8-28-3)14-6-4-5-7-17(14)30-20/h15-16H,4-11H2,1-3H3,(H,23,24)(H,25,26)/t15-,16+/m1/s1. The number of rotatable bonds is 7. The Labute approximate surface area is 180 Å². The minimum Gasteiger partial charge on any atom is -0.481 e. The van der Waals surface area contributed by atoms with Gasteiger partial charge in [0.2, 0.25) is 5.91 Å². The van der Waals surface area contributed by atoms with Crippen molar-refractivity contribution in [1.29, 1.82) is 0 Å². The van der Waals surface area contributed by atoms with E-state index in [9.17, 15) is 19.5 Å². The van der Waals surface area contributed by atoms with Gasteiger partial charge in [-0.15, -0.1) is 11.3 Å². The van der Waals surface area contributed by atoms with Crippen LogP contribution < -0.4 is 5.32 Å². The number of hydrogen-bond donors (Lipinski definition) is 2. The van der Waals surface area contributed by atoms with Gasteiger partial charge in [0.05, 0.1) is 24.0 Å². The highest BCUT2D eigenvalue weighted by atomic mass is 32.1. The molecule has 1 amide bonds. The van der Waals surface area contributed by atoms with Crippen LogP contribution in [0.5, 0.6) is 0 Å². The number of carboxylic acid groups (broad SMARTS) is 1. The lowest BCUT2D eigenvalue weighted by Gasteiger charge is -2.29. The second-order valence-corrected chi connectivity index (χ2v) is 9.16. The fourth-order valence-electron chi connectivity index (χ4n) is 4.19. The summed E-state index contributed by atoms with van der Waals surface area (Å²) in [7, 11) is 1.53. The van der Waals surface area contributed by atoms with E-state index in [0.717, 1.165) is 47.3 Å². The molecule has 2 aliphatic rings. The van der Waals surface area contributed by atoms with E-state index in [-0.39, 0.29) is 12.5 Å². The summed E-state index contributed by atoms with van der Waals surface area (Å²) in [6.45, 7) is 4.30. The topological polar surface area (TPSA) is 102 Å². The minimum absolute atomic E-state index is 0.139. The van der Waals surface area contributed by atoms with E-state index in [4.69, 9.17) is 9.47 Å². The highest BCUT2D eigenvalue weighted by Crippen LogP contribution is 2.40. The van der Waals surface area contributed by atoms with Crippen LogP contribution in [-0.2, 0) is 31.9 Å². The molecule has 0 unspecified atom stereocenters. The summed E-state index contributed by atoms with van der Waals surface area (Å²) in [5.41, 5.74) is 3.46. The fraction of sp³-hybridized carbons (Fsp3) is 0.591. The van der Waals surface area contributed by atoms with Gasteiger partial charge in [-0.2, -0.15) is 0 Å². The predicted molar refractivity (Wildman–Crippen MR) is 114 cm³/mol. The Hall–Kier alpha value is -2.19. The third-order valence-electron chi connectivity index (χ3n) is 6.05. The number of hydrogen-bond acceptors (Lipinski definition) is 6. The van der Waals surface area contributed by atoms with Gasteiger partial charge >= 0.3 is 11.9 Å². The number of allylic oxidation sites excluding steroid dienone is 2. The zero-order chi connectivity index (χ0) is 21.8. The average molecular weight is 436 g/mol. The Morgan fingerprint density at radius 1 is 1.07 bits per heavy atom. The van der Waals surface area contributed by atoms with E-state index in [2.05, 4.69) is 5.32 Å². The van der Waals surface area contributed by atoms with Crippen LogP contribution in [0.25, 0.3) is 0 Å². The summed E-state index contributed by atoms with van der Waals surface area (Å²) in [6, 6.07) is 0. The number of carboxylic acids is 1. The Balaban J connectivity index is 1.86. The first-order chi connectivity index (χ1) is 14.3. The van der Waals surface area contributed by atoms with Crippen LogP contribution in [0.3, 0.4) is 0 Å². The SMILES string of the molecule is COCCOC(=O)c1c(NC(=O)[C@@H]2CC(C)=C(C)C[C@@H]2C(=O)O)sc2c1CCCC2. The van der Waals surface area contributed by atoms with Crippen LogP contribution >= 0.6 is 11.3 Å². The third kappa shape index (κ3) is 4.75. The van der Waals surface area contributed by atoms with Crippen LogP contribution in [0.1, 0.15) is 60.3 Å². The lowest BCUT2D eigenvalue weighted by atomic mass is 9.76. The molecule has 3 rings (SSSR count). The zero-order valence-corrected chi connectivity index (χ0v) is 18.5. The van der Waals surface area contributed by atoms with Gasteiger partial charge in [0.15, 0.2) is 0 Å². The van der Waals surface area contributed by atoms with Crippen molar-refractivity contribution in [3.8, 4) is 0 Å². The van der Waals surface area contributed by atoms with Gasteiger partial charge in [-0.25, -0.2) is 4.79 Å². The molecular formula is C22H29NO6S. The molecule has 2 N–H and O–H groups in total. The molecule has 8 heteroatoms. The first kappa shape index (κ1) is 22.5. The van der Waals surface area contributed by atoms with Crippen molar-refractivity contribution in [2.24, 2.45) is 11.8 Å². The molecule has 0 aromatic carbocycles. The highest BCUT2D eigenvalue weighted by Gasteiger charge is 2.38. The van der Waals surface area contributed by atoms with E-state index >= 15 is 0 Å². The fourth-order valence-corrected chi connectivity index (χ4v) is 5.47. The number of esters is 1. The van der Waals surface area contributed by atoms with Crippen LogP contribution in [0, 0.1) is 11.8 Å². The van der Waals surface area contributed by atoms with Crippen molar-refractivity contribution >= 4 is 34.2 Å². The van der Waals surface area contributed by atoms with E-state index in [1.165, 1.54) is 18.4 Å². The molecule has 0 aliphatic heterocycles. The number of thiophene rings is 1. The molecule has 0 spiro atoms. The van der Waals surface area contributed by atoms with Gasteiger partial charge in [-0.3, -0.25) is 9.59 Å². The summed E-state index contributed by atoms with van der Waals surface area (Å²) in [4.78, 5) is 38.8. The molecule has 2 aliphatic carbocycles. The number of amides is 1. The molecule has 0 radical (unpaired) electrons. The molecule has 0 bridgehead atoms. The summed E-state index contributed by atoms with van der Waals surface area (Å²) < 4.78 is 10.3. The van der Waals surface area contributed by atoms with Crippen molar-refractivity contribution in [3.05, 3.63) is 27.2 Å². The normalized spacial score (nSPS) is 21.2. The van der Waals surface area contributed by atoms with Gasteiger partial charge in [0.1, 0.15) is 11.6 Å². The molecule has 0 saturated heterocycles. The number of aryl methyl sites for hydroxylation is 1. The lowest BCUT2D eigenvalue weighted by Crippen LogP contribution is -2.36. The Kier molecular flexibility index (Phi) is 7.31. The second-order valence-electron chi connectivity index (χ2n) is 8.05. The largest absolute Gasteiger partial charge is 0.481 e. The smallest absolute Gasteiger partial charge is 0.341 e. The van der Waals surface area contributed by atoms with E-state index < -0.39 is 23.8 Å². The molecule has 30 heavy (non-hydrogen) atoms. The number of ether oxygens (including phenoxy) is 2. The monoisotopic (exact) mass is 435 g/mol. The molecule has 164 valence electrons. The quantitative estimate of drug-likeness (QED) is 0.384. The van der Waals surface area contributed by atoms with Gasteiger partial charge in [0, 0.05) is 12.0 Å². The maximum Gasteiger partial charge on any atom is 0.341 e. The summed E-state index contributed by atoms with van der Waals surface area (Å²) in [5.74, 6) is -3.21. The summed E-state index contributed by atoms with van der Waals surface area (Å²) >= 11 is 1.41. The highest BCUT2D eigenvalue weighted by molar-refractivity contribution is 7.17. The molecule has 0 fully saturated rings. The number of fused-ring (bicyclic) bond motifs is 1.